The van der Waals surface area contributed by atoms with E-state index >= 15 is 0 Å². The van der Waals surface area contributed by atoms with Gasteiger partial charge in [0.2, 0.25) is 10.0 Å². The number of halogens is 1. The van der Waals surface area contributed by atoms with Crippen LogP contribution in [-0.2, 0) is 16.6 Å². The number of sulfonamides is 1. The Bertz CT molecular complexity index is 623. The molecule has 2 aliphatic rings. The molecule has 3 rings (SSSR count). The van der Waals surface area contributed by atoms with Crippen molar-refractivity contribution in [3.63, 3.8) is 0 Å². The van der Waals surface area contributed by atoms with E-state index in [0.29, 0.717) is 0 Å². The number of nitrogens with zero attached hydrogens (tertiary/aromatic N) is 2. The summed E-state index contributed by atoms with van der Waals surface area (Å²) in [5.74, 6) is 0. The van der Waals surface area contributed by atoms with Crippen LogP contribution < -0.4 is 0 Å². The molecule has 6 heteroatoms. The predicted molar refractivity (Wildman–Crippen MR) is 92.1 cm³/mol. The Morgan fingerprint density at radius 2 is 1.82 bits per heavy atom. The molecule has 1 aromatic carbocycles. The minimum Gasteiger partial charge on any atom is -0.299 e. The fourth-order valence-electron chi connectivity index (χ4n) is 3.12. The van der Waals surface area contributed by atoms with Crippen LogP contribution in [0.15, 0.2) is 28.7 Å². The Balaban J connectivity index is 1.55. The van der Waals surface area contributed by atoms with Crippen LogP contribution in [0.4, 0.5) is 0 Å². The van der Waals surface area contributed by atoms with Gasteiger partial charge in [-0.25, -0.2) is 12.7 Å². The Hall–Kier alpha value is -0.430. The normalized spacial score (nSPS) is 21.4. The lowest BCUT2D eigenvalue weighted by Gasteiger charge is -2.36. The fraction of sp³-hybridized carbons (Fsp3) is 0.625. The van der Waals surface area contributed by atoms with E-state index in [1.54, 1.807) is 11.4 Å². The Morgan fingerprint density at radius 1 is 1.18 bits per heavy atom. The molecule has 0 unspecified atom stereocenters. The third-order valence-electron chi connectivity index (χ3n) is 4.77. The van der Waals surface area contributed by atoms with E-state index < -0.39 is 10.0 Å². The molecule has 4 nitrogen and oxygen atoms in total. The lowest BCUT2D eigenvalue weighted by Crippen LogP contribution is -2.46. The van der Waals surface area contributed by atoms with Crippen molar-refractivity contribution in [2.24, 2.45) is 0 Å². The topological polar surface area (TPSA) is 40.6 Å². The predicted octanol–water partition coefficient (Wildman–Crippen LogP) is 2.84. The van der Waals surface area contributed by atoms with Crippen LogP contribution in [0.5, 0.6) is 0 Å². The van der Waals surface area contributed by atoms with Crippen molar-refractivity contribution in [3.8, 4) is 0 Å². The molecule has 0 atom stereocenters. The largest absolute Gasteiger partial charge is 0.299 e. The summed E-state index contributed by atoms with van der Waals surface area (Å²) in [4.78, 5) is 2.41. The summed E-state index contributed by atoms with van der Waals surface area (Å²) < 4.78 is 27.4. The first-order valence-electron chi connectivity index (χ1n) is 7.91. The number of hydrogen-bond acceptors (Lipinski definition) is 3. The van der Waals surface area contributed by atoms with Gasteiger partial charge in [-0.15, -0.1) is 0 Å². The van der Waals surface area contributed by atoms with E-state index in [0.717, 1.165) is 49.8 Å². The van der Waals surface area contributed by atoms with Crippen LogP contribution >= 0.6 is 15.9 Å². The first kappa shape index (κ1) is 16.4. The number of piperidine rings is 1. The van der Waals surface area contributed by atoms with E-state index in [-0.39, 0.29) is 11.3 Å². The fourth-order valence-corrected chi connectivity index (χ4v) is 5.36. The van der Waals surface area contributed by atoms with Crippen molar-refractivity contribution in [1.29, 1.82) is 0 Å². The molecule has 0 amide bonds. The third-order valence-corrected chi connectivity index (χ3v) is 7.96. The molecule has 0 N–H and O–H groups in total. The number of hydrogen-bond donors (Lipinski definition) is 0. The maximum atomic E-state index is 12.3. The maximum Gasteiger partial charge on any atom is 0.216 e. The van der Waals surface area contributed by atoms with Crippen LogP contribution in [-0.4, -0.2) is 49.1 Å². The zero-order chi connectivity index (χ0) is 15.7. The molecule has 2 fully saturated rings. The summed E-state index contributed by atoms with van der Waals surface area (Å²) in [6.45, 7) is 2.83. The lowest BCUT2D eigenvalue weighted by atomic mass is 10.0. The van der Waals surface area contributed by atoms with Crippen molar-refractivity contribution in [3.05, 3.63) is 34.3 Å². The van der Waals surface area contributed by atoms with Crippen LogP contribution in [0.25, 0.3) is 0 Å². The van der Waals surface area contributed by atoms with Gasteiger partial charge in [-0.3, -0.25) is 4.90 Å². The van der Waals surface area contributed by atoms with Gasteiger partial charge in [-0.1, -0.05) is 34.1 Å². The SMILES string of the molecule is CN(C1CCN(Cc2ccccc2Br)CC1)S(=O)(=O)C1CC1. The summed E-state index contributed by atoms with van der Waals surface area (Å²) in [5, 5.41) is -0.101. The average Bonchev–Trinajstić information content (AvgIpc) is 3.35. The number of likely N-dealkylation sites (tertiary alicyclic amines) is 1. The molecule has 0 spiro atoms. The van der Waals surface area contributed by atoms with E-state index in [4.69, 9.17) is 0 Å². The summed E-state index contributed by atoms with van der Waals surface area (Å²) in [7, 11) is -1.28. The molecule has 0 aromatic heterocycles. The van der Waals surface area contributed by atoms with Gasteiger partial charge >= 0.3 is 0 Å². The highest BCUT2D eigenvalue weighted by atomic mass is 79.9. The van der Waals surface area contributed by atoms with Gasteiger partial charge in [0.15, 0.2) is 0 Å². The maximum absolute atomic E-state index is 12.3. The van der Waals surface area contributed by atoms with Gasteiger partial charge < -0.3 is 0 Å². The highest BCUT2D eigenvalue weighted by Crippen LogP contribution is 2.33. The monoisotopic (exact) mass is 386 g/mol. The number of benzene rings is 1. The van der Waals surface area contributed by atoms with Gasteiger partial charge in [0.25, 0.3) is 0 Å². The first-order chi connectivity index (χ1) is 10.5. The van der Waals surface area contributed by atoms with Crippen LogP contribution in [0.1, 0.15) is 31.2 Å². The molecule has 1 saturated carbocycles. The molecular weight excluding hydrogens is 364 g/mol. The molecular formula is C16H23BrN2O2S. The van der Waals surface area contributed by atoms with Gasteiger partial charge in [-0.05, 0) is 37.3 Å². The van der Waals surface area contributed by atoms with Crippen molar-refractivity contribution >= 4 is 26.0 Å². The first-order valence-corrected chi connectivity index (χ1v) is 10.2. The van der Waals surface area contributed by atoms with E-state index in [1.807, 2.05) is 6.07 Å². The second kappa shape index (κ2) is 6.59. The number of rotatable bonds is 5. The van der Waals surface area contributed by atoms with Gasteiger partial charge in [-0.2, -0.15) is 0 Å². The molecule has 1 heterocycles. The zero-order valence-corrected chi connectivity index (χ0v) is 15.3. The lowest BCUT2D eigenvalue weighted by molar-refractivity contribution is 0.163. The second-order valence-corrected chi connectivity index (χ2v) is 9.49. The molecule has 1 aliphatic heterocycles. The van der Waals surface area contributed by atoms with Crippen molar-refractivity contribution in [1.82, 2.24) is 9.21 Å². The van der Waals surface area contributed by atoms with Crippen LogP contribution in [0, 0.1) is 0 Å². The van der Waals surface area contributed by atoms with Gasteiger partial charge in [0, 0.05) is 37.2 Å². The van der Waals surface area contributed by atoms with Crippen LogP contribution in [0.3, 0.4) is 0 Å². The Labute approximate surface area is 141 Å². The quantitative estimate of drug-likeness (QED) is 0.780. The van der Waals surface area contributed by atoms with Crippen LogP contribution in [0.2, 0.25) is 0 Å². The average molecular weight is 387 g/mol. The van der Waals surface area contributed by atoms with Crippen molar-refractivity contribution in [2.75, 3.05) is 20.1 Å². The summed E-state index contributed by atoms with van der Waals surface area (Å²) in [6.07, 6.45) is 3.53. The molecule has 1 aromatic rings. The Kier molecular flexibility index (Phi) is 4.92. The minimum absolute atomic E-state index is 0.101. The van der Waals surface area contributed by atoms with E-state index in [2.05, 4.69) is 39.0 Å². The Morgan fingerprint density at radius 3 is 2.41 bits per heavy atom. The smallest absolute Gasteiger partial charge is 0.216 e. The minimum atomic E-state index is -3.04. The second-order valence-electron chi connectivity index (χ2n) is 6.36. The molecule has 1 saturated heterocycles. The van der Waals surface area contributed by atoms with E-state index in [9.17, 15) is 8.42 Å². The summed E-state index contributed by atoms with van der Waals surface area (Å²) >= 11 is 3.59. The third kappa shape index (κ3) is 3.55. The van der Waals surface area contributed by atoms with E-state index in [1.165, 1.54) is 5.56 Å². The van der Waals surface area contributed by atoms with Gasteiger partial charge in [0.05, 0.1) is 5.25 Å². The van der Waals surface area contributed by atoms with Crippen molar-refractivity contribution < 1.29 is 8.42 Å². The summed E-state index contributed by atoms with van der Waals surface area (Å²) in [6, 6.07) is 8.46. The zero-order valence-electron chi connectivity index (χ0n) is 12.9. The molecule has 1 aliphatic carbocycles. The van der Waals surface area contributed by atoms with Crippen molar-refractivity contribution in [2.45, 2.75) is 43.5 Å². The highest BCUT2D eigenvalue weighted by molar-refractivity contribution is 9.10. The molecule has 0 bridgehead atoms. The molecule has 122 valence electrons. The molecule has 22 heavy (non-hydrogen) atoms. The molecule has 0 radical (unpaired) electrons. The summed E-state index contributed by atoms with van der Waals surface area (Å²) in [5.41, 5.74) is 1.29. The highest BCUT2D eigenvalue weighted by Gasteiger charge is 2.41. The standard InChI is InChI=1S/C16H23BrN2O2S/c1-18(22(20,21)15-6-7-15)14-8-10-19(11-9-14)12-13-4-2-3-5-16(13)17/h2-5,14-15H,6-12H2,1H3. The van der Waals surface area contributed by atoms with Gasteiger partial charge in [0.1, 0.15) is 0 Å².